The summed E-state index contributed by atoms with van der Waals surface area (Å²) in [5.41, 5.74) is 0.712. The van der Waals surface area contributed by atoms with Gasteiger partial charge in [-0.3, -0.25) is 4.98 Å². The summed E-state index contributed by atoms with van der Waals surface area (Å²) < 4.78 is 7.24. The molecule has 0 aromatic carbocycles. The molecule has 0 amide bonds. The highest BCUT2D eigenvalue weighted by atomic mass is 79.9. The highest BCUT2D eigenvalue weighted by Crippen LogP contribution is 2.23. The molecule has 1 saturated heterocycles. The molecule has 1 aromatic heterocycles. The normalized spacial score (nSPS) is 18.8. The molecule has 1 aromatic rings. The Bertz CT molecular complexity index is 409. The largest absolute Gasteiger partial charge is 0.394 e. The lowest BCUT2D eigenvalue weighted by Crippen LogP contribution is -2.52. The average molecular weight is 380 g/mol. The van der Waals surface area contributed by atoms with Gasteiger partial charge in [-0.25, -0.2) is 0 Å². The first-order chi connectivity index (χ1) is 8.65. The number of pyridine rings is 1. The maximum atomic E-state index is 9.58. The fourth-order valence-electron chi connectivity index (χ4n) is 2.00. The Morgan fingerprint density at radius 3 is 2.72 bits per heavy atom. The van der Waals surface area contributed by atoms with Crippen molar-refractivity contribution in [3.8, 4) is 0 Å². The summed E-state index contributed by atoms with van der Waals surface area (Å²) in [6.07, 6.45) is 3.44. The number of aromatic nitrogens is 1. The van der Waals surface area contributed by atoms with Gasteiger partial charge in [0.1, 0.15) is 0 Å². The van der Waals surface area contributed by atoms with Gasteiger partial charge in [0.15, 0.2) is 0 Å². The minimum Gasteiger partial charge on any atom is -0.394 e. The Morgan fingerprint density at radius 2 is 2.11 bits per heavy atom. The van der Waals surface area contributed by atoms with Gasteiger partial charge in [0.25, 0.3) is 0 Å². The third kappa shape index (κ3) is 3.51. The average Bonchev–Trinajstić information content (AvgIpc) is 2.39. The Kier molecular flexibility index (Phi) is 5.14. The number of nitrogens with one attached hydrogen (secondary N) is 1. The lowest BCUT2D eigenvalue weighted by molar-refractivity contribution is 0.0110. The highest BCUT2D eigenvalue weighted by molar-refractivity contribution is 9.11. The summed E-state index contributed by atoms with van der Waals surface area (Å²) in [6, 6.07) is 1.97. The van der Waals surface area contributed by atoms with Crippen LogP contribution in [-0.4, -0.2) is 35.5 Å². The van der Waals surface area contributed by atoms with E-state index in [1.807, 2.05) is 6.07 Å². The number of aliphatic hydroxyl groups is 1. The summed E-state index contributed by atoms with van der Waals surface area (Å²) in [5, 5.41) is 13.0. The molecular weight excluding hydrogens is 364 g/mol. The van der Waals surface area contributed by atoms with Crippen molar-refractivity contribution in [3.63, 3.8) is 0 Å². The van der Waals surface area contributed by atoms with E-state index in [1.165, 1.54) is 0 Å². The first kappa shape index (κ1) is 14.4. The van der Waals surface area contributed by atoms with Gasteiger partial charge >= 0.3 is 0 Å². The van der Waals surface area contributed by atoms with Gasteiger partial charge < -0.3 is 15.2 Å². The minimum atomic E-state index is -0.230. The van der Waals surface area contributed by atoms with Crippen molar-refractivity contribution < 1.29 is 9.84 Å². The summed E-state index contributed by atoms with van der Waals surface area (Å²) >= 11 is 6.87. The van der Waals surface area contributed by atoms with Crippen molar-refractivity contribution in [2.24, 2.45) is 0 Å². The lowest BCUT2D eigenvalue weighted by Gasteiger charge is -2.36. The molecule has 6 heteroatoms. The lowest BCUT2D eigenvalue weighted by atomic mass is 9.91. The van der Waals surface area contributed by atoms with Crippen LogP contribution >= 0.6 is 31.9 Å². The molecule has 2 N–H and O–H groups in total. The van der Waals surface area contributed by atoms with Crippen molar-refractivity contribution in [2.45, 2.75) is 24.9 Å². The predicted molar refractivity (Wildman–Crippen MR) is 76.3 cm³/mol. The Balaban J connectivity index is 2.01. The van der Waals surface area contributed by atoms with Crippen molar-refractivity contribution in [3.05, 3.63) is 26.9 Å². The van der Waals surface area contributed by atoms with E-state index in [-0.39, 0.29) is 12.1 Å². The minimum absolute atomic E-state index is 0.129. The van der Waals surface area contributed by atoms with Crippen LogP contribution in [-0.2, 0) is 11.3 Å². The van der Waals surface area contributed by atoms with E-state index < -0.39 is 0 Å². The summed E-state index contributed by atoms with van der Waals surface area (Å²) in [5.74, 6) is 0. The fraction of sp³-hybridized carbons (Fsp3) is 0.583. The summed E-state index contributed by atoms with van der Waals surface area (Å²) in [7, 11) is 0. The monoisotopic (exact) mass is 378 g/mol. The third-order valence-electron chi connectivity index (χ3n) is 3.27. The Morgan fingerprint density at radius 1 is 1.39 bits per heavy atom. The molecule has 2 rings (SSSR count). The topological polar surface area (TPSA) is 54.4 Å². The van der Waals surface area contributed by atoms with Gasteiger partial charge in [-0.05, 0) is 50.8 Å². The SMILES string of the molecule is OCC1(NCc2ncc(Br)cc2Br)CCOCC1. The number of halogens is 2. The van der Waals surface area contributed by atoms with Crippen LogP contribution in [0.5, 0.6) is 0 Å². The highest BCUT2D eigenvalue weighted by Gasteiger charge is 2.31. The molecule has 0 bridgehead atoms. The quantitative estimate of drug-likeness (QED) is 0.842. The molecule has 0 spiro atoms. The molecule has 100 valence electrons. The molecule has 1 aliphatic heterocycles. The van der Waals surface area contributed by atoms with Crippen molar-refractivity contribution >= 4 is 31.9 Å². The van der Waals surface area contributed by atoms with Crippen molar-refractivity contribution in [1.29, 1.82) is 0 Å². The Hall–Kier alpha value is -0.0100. The molecule has 18 heavy (non-hydrogen) atoms. The summed E-state index contributed by atoms with van der Waals surface area (Å²) in [6.45, 7) is 2.16. The van der Waals surface area contributed by atoms with Gasteiger partial charge in [0.05, 0.1) is 12.3 Å². The van der Waals surface area contributed by atoms with E-state index in [0.29, 0.717) is 19.8 Å². The smallest absolute Gasteiger partial charge is 0.0684 e. The zero-order valence-electron chi connectivity index (χ0n) is 9.96. The second kappa shape index (κ2) is 6.43. The van der Waals surface area contributed by atoms with Gasteiger partial charge in [-0.15, -0.1) is 0 Å². The van der Waals surface area contributed by atoms with Crippen LogP contribution in [0.15, 0.2) is 21.2 Å². The number of aliphatic hydroxyl groups excluding tert-OH is 1. The number of ether oxygens (including phenoxy) is 1. The maximum Gasteiger partial charge on any atom is 0.0684 e. The molecule has 0 aliphatic carbocycles. The first-order valence-corrected chi connectivity index (χ1v) is 7.47. The van der Waals surface area contributed by atoms with Gasteiger partial charge in [-0.2, -0.15) is 0 Å². The van der Waals surface area contributed by atoms with E-state index in [9.17, 15) is 5.11 Å². The number of nitrogens with zero attached hydrogens (tertiary/aromatic N) is 1. The number of hydrogen-bond donors (Lipinski definition) is 2. The molecule has 0 saturated carbocycles. The second-order valence-corrected chi connectivity index (χ2v) is 6.26. The van der Waals surface area contributed by atoms with Crippen molar-refractivity contribution in [2.75, 3.05) is 19.8 Å². The molecule has 1 fully saturated rings. The fourth-order valence-corrected chi connectivity index (χ4v) is 3.12. The molecule has 2 heterocycles. The predicted octanol–water partition coefficient (Wildman–Crippen LogP) is 2.24. The number of rotatable bonds is 4. The van der Waals surface area contributed by atoms with E-state index >= 15 is 0 Å². The van der Waals surface area contributed by atoms with Crippen LogP contribution in [0.4, 0.5) is 0 Å². The summed E-state index contributed by atoms with van der Waals surface area (Å²) in [4.78, 5) is 4.36. The molecule has 0 radical (unpaired) electrons. The van der Waals surface area contributed by atoms with Gasteiger partial charge in [0, 0.05) is 40.4 Å². The van der Waals surface area contributed by atoms with Crippen LogP contribution < -0.4 is 5.32 Å². The molecule has 1 aliphatic rings. The molecular formula is C12H16Br2N2O2. The van der Waals surface area contributed by atoms with E-state index in [2.05, 4.69) is 42.2 Å². The van der Waals surface area contributed by atoms with Crippen molar-refractivity contribution in [1.82, 2.24) is 10.3 Å². The van der Waals surface area contributed by atoms with Crippen LogP contribution in [0.1, 0.15) is 18.5 Å². The molecule has 0 atom stereocenters. The van der Waals surface area contributed by atoms with E-state index in [1.54, 1.807) is 6.20 Å². The second-order valence-electron chi connectivity index (χ2n) is 4.49. The van der Waals surface area contributed by atoms with Gasteiger partial charge in [0.2, 0.25) is 0 Å². The van der Waals surface area contributed by atoms with E-state index in [4.69, 9.17) is 4.74 Å². The van der Waals surface area contributed by atoms with Crippen LogP contribution in [0.25, 0.3) is 0 Å². The molecule has 4 nitrogen and oxygen atoms in total. The zero-order valence-corrected chi connectivity index (χ0v) is 13.1. The first-order valence-electron chi connectivity index (χ1n) is 5.89. The van der Waals surface area contributed by atoms with E-state index in [0.717, 1.165) is 27.5 Å². The van der Waals surface area contributed by atoms with Crippen LogP contribution in [0.3, 0.4) is 0 Å². The maximum absolute atomic E-state index is 9.58. The zero-order chi connectivity index (χ0) is 13.0. The number of hydrogen-bond acceptors (Lipinski definition) is 4. The Labute approximate surface area is 123 Å². The third-order valence-corrected chi connectivity index (χ3v) is 4.39. The van der Waals surface area contributed by atoms with Crippen LogP contribution in [0.2, 0.25) is 0 Å². The van der Waals surface area contributed by atoms with Crippen LogP contribution in [0, 0.1) is 0 Å². The van der Waals surface area contributed by atoms with Gasteiger partial charge in [-0.1, -0.05) is 0 Å². The molecule has 0 unspecified atom stereocenters. The standard InChI is InChI=1S/C12H16Br2N2O2/c13-9-5-10(14)11(15-6-9)7-16-12(8-17)1-3-18-4-2-12/h5-6,16-17H,1-4,7-8H2.